The molecule has 2 aromatic rings. The molecule has 4 rings (SSSR count). The topological polar surface area (TPSA) is 72.4 Å². The molecule has 0 amide bonds. The summed E-state index contributed by atoms with van der Waals surface area (Å²) >= 11 is 0. The van der Waals surface area contributed by atoms with E-state index in [-0.39, 0.29) is 5.82 Å². The molecule has 1 aromatic heterocycles. The molecule has 0 unspecified atom stereocenters. The predicted molar refractivity (Wildman–Crippen MR) is 94.5 cm³/mol. The Morgan fingerprint density at radius 3 is 2.69 bits per heavy atom. The summed E-state index contributed by atoms with van der Waals surface area (Å²) in [7, 11) is 0. The second-order valence-electron chi connectivity index (χ2n) is 6.50. The first-order valence-electron chi connectivity index (χ1n) is 8.94. The zero-order valence-corrected chi connectivity index (χ0v) is 14.5. The van der Waals surface area contributed by atoms with Crippen LogP contribution in [0.25, 0.3) is 0 Å². The maximum absolute atomic E-state index is 13.6. The van der Waals surface area contributed by atoms with Crippen LogP contribution in [0.15, 0.2) is 30.5 Å². The number of hydrogen-bond donors (Lipinski definition) is 1. The third-order valence-corrected chi connectivity index (χ3v) is 4.84. The number of anilines is 2. The van der Waals surface area contributed by atoms with Crippen LogP contribution in [0.3, 0.4) is 0 Å². The van der Waals surface area contributed by atoms with Gasteiger partial charge in [0.05, 0.1) is 19.4 Å². The van der Waals surface area contributed by atoms with Crippen molar-refractivity contribution < 1.29 is 13.9 Å². The Hall–Kier alpha value is -2.32. The molecule has 0 radical (unpaired) electrons. The highest BCUT2D eigenvalue weighted by Gasteiger charge is 2.40. The van der Waals surface area contributed by atoms with Gasteiger partial charge in [0.25, 0.3) is 0 Å². The van der Waals surface area contributed by atoms with E-state index in [0.29, 0.717) is 37.7 Å². The molecule has 3 heterocycles. The van der Waals surface area contributed by atoms with Crippen LogP contribution >= 0.6 is 0 Å². The third kappa shape index (κ3) is 3.76. The molecule has 0 saturated carbocycles. The SMILES string of the molecule is Fc1ccccc1CCNc1nncc(N2CCC3(CC2)OCCO3)n1. The van der Waals surface area contributed by atoms with Gasteiger partial charge < -0.3 is 19.7 Å². The van der Waals surface area contributed by atoms with E-state index in [1.54, 1.807) is 18.3 Å². The Kier molecular flexibility index (Phi) is 4.94. The van der Waals surface area contributed by atoms with Crippen molar-refractivity contribution in [1.82, 2.24) is 15.2 Å². The maximum atomic E-state index is 13.6. The Bertz CT molecular complexity index is 744. The second-order valence-corrected chi connectivity index (χ2v) is 6.50. The molecule has 1 aromatic carbocycles. The lowest BCUT2D eigenvalue weighted by molar-refractivity contribution is -0.169. The highest BCUT2D eigenvalue weighted by Crippen LogP contribution is 2.32. The molecule has 1 N–H and O–H groups in total. The van der Waals surface area contributed by atoms with E-state index in [2.05, 4.69) is 25.4 Å². The molecule has 2 aliphatic rings. The van der Waals surface area contributed by atoms with E-state index in [9.17, 15) is 4.39 Å². The summed E-state index contributed by atoms with van der Waals surface area (Å²) in [5.41, 5.74) is 0.669. The minimum Gasteiger partial charge on any atom is -0.355 e. The van der Waals surface area contributed by atoms with Crippen molar-refractivity contribution in [2.45, 2.75) is 25.0 Å². The summed E-state index contributed by atoms with van der Waals surface area (Å²) in [6.07, 6.45) is 3.84. The lowest BCUT2D eigenvalue weighted by Gasteiger charge is -2.37. The van der Waals surface area contributed by atoms with Crippen molar-refractivity contribution in [1.29, 1.82) is 0 Å². The summed E-state index contributed by atoms with van der Waals surface area (Å²) in [4.78, 5) is 6.69. The Morgan fingerprint density at radius 2 is 1.92 bits per heavy atom. The van der Waals surface area contributed by atoms with E-state index >= 15 is 0 Å². The van der Waals surface area contributed by atoms with Crippen molar-refractivity contribution in [3.8, 4) is 0 Å². The summed E-state index contributed by atoms with van der Waals surface area (Å²) < 4.78 is 25.2. The zero-order valence-electron chi connectivity index (χ0n) is 14.5. The Labute approximate surface area is 151 Å². The molecule has 0 aliphatic carbocycles. The fourth-order valence-electron chi connectivity index (χ4n) is 3.39. The highest BCUT2D eigenvalue weighted by molar-refractivity contribution is 5.41. The number of hydrogen-bond acceptors (Lipinski definition) is 7. The second kappa shape index (κ2) is 7.51. The minimum atomic E-state index is -0.405. The van der Waals surface area contributed by atoms with Crippen LogP contribution in [-0.4, -0.2) is 53.8 Å². The monoisotopic (exact) mass is 359 g/mol. The van der Waals surface area contributed by atoms with Crippen LogP contribution in [0.5, 0.6) is 0 Å². The fourth-order valence-corrected chi connectivity index (χ4v) is 3.39. The van der Waals surface area contributed by atoms with Crippen molar-refractivity contribution in [2.24, 2.45) is 0 Å². The Balaban J connectivity index is 1.33. The average molecular weight is 359 g/mol. The van der Waals surface area contributed by atoms with Gasteiger partial charge in [-0.3, -0.25) is 0 Å². The molecule has 2 fully saturated rings. The fraction of sp³-hybridized carbons (Fsp3) is 0.500. The largest absolute Gasteiger partial charge is 0.355 e. The van der Waals surface area contributed by atoms with Crippen molar-refractivity contribution in [3.63, 3.8) is 0 Å². The molecule has 0 atom stereocenters. The van der Waals surface area contributed by atoms with Crippen molar-refractivity contribution in [2.75, 3.05) is 43.1 Å². The van der Waals surface area contributed by atoms with E-state index in [1.165, 1.54) is 6.07 Å². The van der Waals surface area contributed by atoms with Gasteiger partial charge in [-0.05, 0) is 18.1 Å². The number of rotatable bonds is 5. The van der Waals surface area contributed by atoms with Gasteiger partial charge in [-0.15, -0.1) is 5.10 Å². The summed E-state index contributed by atoms with van der Waals surface area (Å²) in [5, 5.41) is 11.2. The molecule has 8 heteroatoms. The molecular weight excluding hydrogens is 337 g/mol. The van der Waals surface area contributed by atoms with Crippen LogP contribution in [0.1, 0.15) is 18.4 Å². The first kappa shape index (κ1) is 17.1. The predicted octanol–water partition coefficient (Wildman–Crippen LogP) is 2.01. The molecule has 1 spiro atoms. The number of nitrogens with one attached hydrogen (secondary N) is 1. The van der Waals surface area contributed by atoms with Crippen LogP contribution < -0.4 is 10.2 Å². The smallest absolute Gasteiger partial charge is 0.244 e. The van der Waals surface area contributed by atoms with Gasteiger partial charge in [-0.1, -0.05) is 18.2 Å². The van der Waals surface area contributed by atoms with E-state index in [1.807, 2.05) is 6.07 Å². The number of benzene rings is 1. The lowest BCUT2D eigenvalue weighted by Crippen LogP contribution is -2.45. The first-order valence-corrected chi connectivity index (χ1v) is 8.94. The normalized spacial score (nSPS) is 19.0. The number of halogens is 1. The molecular formula is C18H22FN5O2. The minimum absolute atomic E-state index is 0.194. The van der Waals surface area contributed by atoms with Crippen LogP contribution in [0.4, 0.5) is 16.2 Å². The van der Waals surface area contributed by atoms with Crippen LogP contribution in [0.2, 0.25) is 0 Å². The van der Waals surface area contributed by atoms with Gasteiger partial charge in [-0.2, -0.15) is 10.1 Å². The molecule has 2 aliphatic heterocycles. The highest BCUT2D eigenvalue weighted by atomic mass is 19.1. The maximum Gasteiger partial charge on any atom is 0.244 e. The first-order chi connectivity index (χ1) is 12.7. The average Bonchev–Trinajstić information content (AvgIpc) is 3.12. The lowest BCUT2D eigenvalue weighted by atomic mass is 10.0. The molecule has 7 nitrogen and oxygen atoms in total. The van der Waals surface area contributed by atoms with Gasteiger partial charge in [-0.25, -0.2) is 4.39 Å². The van der Waals surface area contributed by atoms with Crippen LogP contribution in [0, 0.1) is 5.82 Å². The zero-order chi connectivity index (χ0) is 17.8. The standard InChI is InChI=1S/C18H22FN5O2/c19-15-4-2-1-3-14(15)5-8-20-17-22-16(13-21-23-17)24-9-6-18(7-10-24)25-11-12-26-18/h1-4,13H,5-12H2,(H,20,22,23). The van der Waals surface area contributed by atoms with Crippen molar-refractivity contribution in [3.05, 3.63) is 41.8 Å². The molecule has 2 saturated heterocycles. The van der Waals surface area contributed by atoms with E-state index < -0.39 is 5.79 Å². The van der Waals surface area contributed by atoms with E-state index in [0.717, 1.165) is 31.7 Å². The van der Waals surface area contributed by atoms with Gasteiger partial charge in [0.1, 0.15) is 5.82 Å². The third-order valence-electron chi connectivity index (χ3n) is 4.84. The molecule has 138 valence electrons. The molecule has 26 heavy (non-hydrogen) atoms. The van der Waals surface area contributed by atoms with Gasteiger partial charge in [0.2, 0.25) is 5.95 Å². The number of nitrogens with zero attached hydrogens (tertiary/aromatic N) is 4. The summed E-state index contributed by atoms with van der Waals surface area (Å²) in [6, 6.07) is 6.77. The van der Waals surface area contributed by atoms with Crippen molar-refractivity contribution >= 4 is 11.8 Å². The molecule has 0 bridgehead atoms. The summed E-state index contributed by atoms with van der Waals surface area (Å²) in [6.45, 7) is 3.48. The van der Waals surface area contributed by atoms with E-state index in [4.69, 9.17) is 9.47 Å². The number of aromatic nitrogens is 3. The van der Waals surface area contributed by atoms with Gasteiger partial charge in [0, 0.05) is 32.5 Å². The Morgan fingerprint density at radius 1 is 1.15 bits per heavy atom. The number of piperidine rings is 1. The van der Waals surface area contributed by atoms with Gasteiger partial charge in [0.15, 0.2) is 11.6 Å². The van der Waals surface area contributed by atoms with Crippen LogP contribution in [-0.2, 0) is 15.9 Å². The summed E-state index contributed by atoms with van der Waals surface area (Å²) in [5.74, 6) is 0.632. The quantitative estimate of drug-likeness (QED) is 0.875. The number of ether oxygens (including phenoxy) is 2. The van der Waals surface area contributed by atoms with Gasteiger partial charge >= 0.3 is 0 Å².